The van der Waals surface area contributed by atoms with Crippen LogP contribution in [0, 0.1) is 10.1 Å². The van der Waals surface area contributed by atoms with Crippen molar-refractivity contribution in [3.63, 3.8) is 0 Å². The molecule has 0 bridgehead atoms. The number of nitro benzene ring substituents is 1. The summed E-state index contributed by atoms with van der Waals surface area (Å²) in [6.07, 6.45) is -1.70. The Labute approximate surface area is 84.7 Å². The maximum Gasteiger partial charge on any atom is 0.269 e. The molecule has 0 fully saturated rings. The molecule has 0 aliphatic heterocycles. The van der Waals surface area contributed by atoms with Crippen LogP contribution in [0.5, 0.6) is 5.75 Å². The summed E-state index contributed by atoms with van der Waals surface area (Å²) in [5.41, 5.74) is -0.134. The van der Waals surface area contributed by atoms with Gasteiger partial charge in [0.2, 0.25) is 0 Å². The van der Waals surface area contributed by atoms with Gasteiger partial charge >= 0.3 is 0 Å². The molecule has 1 aromatic carbocycles. The van der Waals surface area contributed by atoms with Crippen molar-refractivity contribution in [3.05, 3.63) is 34.4 Å². The Morgan fingerprint density at radius 2 is 1.79 bits per heavy atom. The number of carboxylic acid groups (broad SMARTS) is 1. The molecule has 0 aliphatic carbocycles. The third-order valence-electron chi connectivity index (χ3n) is 1.25. The quantitative estimate of drug-likeness (QED) is 0.316. The molecule has 1 rings (SSSR count). The largest absolute Gasteiger partial charge is 0.514 e. The topological polar surface area (TPSA) is 92.5 Å². The lowest BCUT2D eigenvalue weighted by Crippen LogP contribution is -2.26. The van der Waals surface area contributed by atoms with Crippen LogP contribution in [0.1, 0.15) is 0 Å². The van der Waals surface area contributed by atoms with Crippen LogP contribution in [0.25, 0.3) is 0 Å². The van der Waals surface area contributed by atoms with Gasteiger partial charge < -0.3 is 14.6 Å². The number of carbonyl (C=O) groups is 1. The molecule has 6 nitrogen and oxygen atoms in total. The Morgan fingerprint density at radius 1 is 1.29 bits per heavy atom. The molecule has 0 heterocycles. The van der Waals surface area contributed by atoms with Gasteiger partial charge in [0.05, 0.1) is 10.7 Å². The zero-order chi connectivity index (χ0) is 9.84. The summed E-state index contributed by atoms with van der Waals surface area (Å²) < 4.78 is 4.13. The summed E-state index contributed by atoms with van der Waals surface area (Å²) in [6.45, 7) is 0. The summed E-state index contributed by atoms with van der Waals surface area (Å²) in [6, 6.07) is 4.62. The van der Waals surface area contributed by atoms with E-state index in [0.29, 0.717) is 0 Å². The Morgan fingerprint density at radius 3 is 2.14 bits per heavy atom. The first-order valence-corrected chi connectivity index (χ1v) is 3.23. The lowest BCUT2D eigenvalue weighted by molar-refractivity contribution is -0.384. The van der Waals surface area contributed by atoms with Crippen molar-refractivity contribution in [3.8, 4) is 5.75 Å². The van der Waals surface area contributed by atoms with Crippen molar-refractivity contribution >= 4 is 24.2 Å². The molecule has 0 amide bonds. The Balaban J connectivity index is 0.00000169. The second kappa shape index (κ2) is 5.03. The maximum atomic E-state index is 10.2. The summed E-state index contributed by atoms with van der Waals surface area (Å²) >= 11 is 0. The lowest BCUT2D eigenvalue weighted by Gasteiger charge is -2.06. The number of rotatable bonds is 2. The van der Waals surface area contributed by atoms with E-state index in [0.717, 1.165) is 12.1 Å². The molecule has 76 valence electrons. The van der Waals surface area contributed by atoms with E-state index < -0.39 is 11.1 Å². The highest BCUT2D eigenvalue weighted by Gasteiger charge is 2.02. The molecule has 0 unspecified atom stereocenters. The summed E-state index contributed by atoms with van der Waals surface area (Å²) in [7, 11) is 0. The fourth-order valence-electron chi connectivity index (χ4n) is 0.732. The summed E-state index contributed by atoms with van der Waals surface area (Å²) in [4.78, 5) is 19.5. The van der Waals surface area contributed by atoms with E-state index in [-0.39, 0.29) is 23.8 Å². The minimum Gasteiger partial charge on any atom is -0.514 e. The smallest absolute Gasteiger partial charge is 0.269 e. The fraction of sp³-hybridized carbons (Fsp3) is 0. The average molecular weight is 219 g/mol. The SMILES string of the molecule is Cl.O=C([O-])Oc1ccc([N+](=O)[O-])cc1. The molecule has 0 radical (unpaired) electrons. The highest BCUT2D eigenvalue weighted by Crippen LogP contribution is 2.16. The van der Waals surface area contributed by atoms with Crippen LogP contribution in [-0.2, 0) is 0 Å². The number of carbonyl (C=O) groups excluding carboxylic acids is 1. The second-order valence-electron chi connectivity index (χ2n) is 2.10. The van der Waals surface area contributed by atoms with Gasteiger partial charge in [-0.3, -0.25) is 10.1 Å². The number of ether oxygens (including phenoxy) is 1. The number of nitro groups is 1. The molecule has 14 heavy (non-hydrogen) atoms. The maximum absolute atomic E-state index is 10.2. The zero-order valence-corrected chi connectivity index (χ0v) is 7.52. The normalized spacial score (nSPS) is 8.57. The van der Waals surface area contributed by atoms with E-state index >= 15 is 0 Å². The number of halogens is 1. The molecule has 0 saturated carbocycles. The van der Waals surface area contributed by atoms with Crippen LogP contribution < -0.4 is 9.84 Å². The van der Waals surface area contributed by atoms with Crippen molar-refractivity contribution < 1.29 is 19.6 Å². The van der Waals surface area contributed by atoms with Gasteiger partial charge in [-0.05, 0) is 12.1 Å². The molecule has 0 aromatic heterocycles. The highest BCUT2D eigenvalue weighted by atomic mass is 35.5. The van der Waals surface area contributed by atoms with E-state index in [4.69, 9.17) is 0 Å². The fourth-order valence-corrected chi connectivity index (χ4v) is 0.732. The molecule has 1 aromatic rings. The third kappa shape index (κ3) is 3.28. The first-order chi connectivity index (χ1) is 6.09. The number of hydrogen-bond acceptors (Lipinski definition) is 5. The first kappa shape index (κ1) is 12.2. The zero-order valence-electron chi connectivity index (χ0n) is 6.71. The molecule has 0 spiro atoms. The van der Waals surface area contributed by atoms with E-state index in [1.165, 1.54) is 12.1 Å². The van der Waals surface area contributed by atoms with Crippen LogP contribution in [-0.4, -0.2) is 11.1 Å². The molecule has 0 atom stereocenters. The Kier molecular flexibility index (Phi) is 4.37. The Hall–Kier alpha value is -1.82. The van der Waals surface area contributed by atoms with E-state index in [9.17, 15) is 20.0 Å². The summed E-state index contributed by atoms with van der Waals surface area (Å²) in [5.74, 6) is -0.00870. The number of non-ortho nitro benzene ring substituents is 1. The van der Waals surface area contributed by atoms with E-state index in [1.807, 2.05) is 0 Å². The van der Waals surface area contributed by atoms with Crippen molar-refractivity contribution in [1.82, 2.24) is 0 Å². The second-order valence-corrected chi connectivity index (χ2v) is 2.10. The van der Waals surface area contributed by atoms with Crippen molar-refractivity contribution in [1.29, 1.82) is 0 Å². The molecular weight excluding hydrogens is 214 g/mol. The van der Waals surface area contributed by atoms with Crippen molar-refractivity contribution in [2.24, 2.45) is 0 Å². The van der Waals surface area contributed by atoms with Crippen LogP contribution in [0.15, 0.2) is 24.3 Å². The van der Waals surface area contributed by atoms with Crippen LogP contribution in [0.2, 0.25) is 0 Å². The molecule has 0 N–H and O–H groups in total. The minimum absolute atomic E-state index is 0. The van der Waals surface area contributed by atoms with Gasteiger partial charge in [0.15, 0.2) is 0 Å². The molecule has 0 saturated heterocycles. The van der Waals surface area contributed by atoms with Gasteiger partial charge in [-0.1, -0.05) is 0 Å². The van der Waals surface area contributed by atoms with E-state index in [1.54, 1.807) is 0 Å². The van der Waals surface area contributed by atoms with E-state index in [2.05, 4.69) is 4.74 Å². The summed E-state index contributed by atoms with van der Waals surface area (Å²) in [5, 5.41) is 20.1. The lowest BCUT2D eigenvalue weighted by atomic mass is 10.3. The highest BCUT2D eigenvalue weighted by molar-refractivity contribution is 5.85. The van der Waals surface area contributed by atoms with Crippen molar-refractivity contribution in [2.45, 2.75) is 0 Å². The first-order valence-electron chi connectivity index (χ1n) is 3.23. The van der Waals surface area contributed by atoms with Gasteiger partial charge in [-0.15, -0.1) is 12.4 Å². The average Bonchev–Trinajstić information content (AvgIpc) is 2.04. The van der Waals surface area contributed by atoms with Crippen LogP contribution >= 0.6 is 12.4 Å². The molecular formula is C7H5ClNO5-. The third-order valence-corrected chi connectivity index (χ3v) is 1.25. The van der Waals surface area contributed by atoms with Gasteiger partial charge in [0, 0.05) is 12.1 Å². The predicted molar refractivity (Wildman–Crippen MR) is 46.4 cm³/mol. The van der Waals surface area contributed by atoms with Gasteiger partial charge in [-0.2, -0.15) is 0 Å². The molecule has 7 heteroatoms. The minimum atomic E-state index is -1.70. The number of hydrogen-bond donors (Lipinski definition) is 0. The van der Waals surface area contributed by atoms with Crippen LogP contribution in [0.4, 0.5) is 10.5 Å². The number of benzene rings is 1. The monoisotopic (exact) mass is 218 g/mol. The standard InChI is InChI=1S/C7H5NO5.ClH/c9-7(10)13-6-3-1-5(2-4-6)8(11)12;/h1-4H,(H,9,10);1H/p-1. The van der Waals surface area contributed by atoms with Gasteiger partial charge in [-0.25, -0.2) is 0 Å². The molecule has 0 aliphatic rings. The van der Waals surface area contributed by atoms with Crippen LogP contribution in [0.3, 0.4) is 0 Å². The van der Waals surface area contributed by atoms with Gasteiger partial charge in [0.25, 0.3) is 11.8 Å². The number of nitrogens with zero attached hydrogens (tertiary/aromatic N) is 1. The Bertz CT molecular complexity index is 336. The van der Waals surface area contributed by atoms with Crippen molar-refractivity contribution in [2.75, 3.05) is 0 Å². The van der Waals surface area contributed by atoms with Gasteiger partial charge in [0.1, 0.15) is 0 Å². The predicted octanol–water partition coefficient (Wildman–Crippen LogP) is 0.739.